The van der Waals surface area contributed by atoms with Gasteiger partial charge in [0.1, 0.15) is 0 Å². The van der Waals surface area contributed by atoms with E-state index in [0.717, 1.165) is 16.8 Å². The first-order chi connectivity index (χ1) is 14.2. The van der Waals surface area contributed by atoms with E-state index >= 15 is 0 Å². The highest BCUT2D eigenvalue weighted by molar-refractivity contribution is 9.10. The fourth-order valence-corrected chi connectivity index (χ4v) is 4.07. The zero-order valence-corrected chi connectivity index (χ0v) is 18.0. The molecule has 0 fully saturated rings. The molecule has 0 saturated heterocycles. The second-order valence-electron chi connectivity index (χ2n) is 6.17. The summed E-state index contributed by atoms with van der Waals surface area (Å²) < 4.78 is 41.1. The maximum absolute atomic E-state index is 13.1. The zero-order chi connectivity index (χ0) is 21.5. The number of hydrogen-bond donors (Lipinski definition) is 0. The maximum atomic E-state index is 13.1. The molecule has 0 atom stereocenters. The number of thiophene rings is 1. The highest BCUT2D eigenvalue weighted by Gasteiger charge is 2.33. The molecule has 0 amide bonds. The van der Waals surface area contributed by atoms with E-state index in [0.29, 0.717) is 26.1 Å². The van der Waals surface area contributed by atoms with Crippen molar-refractivity contribution >= 4 is 56.0 Å². The van der Waals surface area contributed by atoms with Crippen LogP contribution >= 0.6 is 38.9 Å². The molecule has 0 aliphatic rings. The minimum absolute atomic E-state index is 0.144. The van der Waals surface area contributed by atoms with E-state index in [4.69, 9.17) is 11.6 Å². The SMILES string of the molecule is O=c1c2cc(Br)ccc2nc(-c2cccs2)n1N=Cc1ccc(Cl)c(C(F)(F)F)c1. The van der Waals surface area contributed by atoms with Crippen molar-refractivity contribution in [3.63, 3.8) is 0 Å². The molecule has 0 unspecified atom stereocenters. The first-order valence-electron chi connectivity index (χ1n) is 8.41. The van der Waals surface area contributed by atoms with E-state index in [1.165, 1.54) is 23.6 Å². The van der Waals surface area contributed by atoms with Crippen LogP contribution in [0, 0.1) is 0 Å². The van der Waals surface area contributed by atoms with Gasteiger partial charge in [-0.25, -0.2) is 4.98 Å². The first-order valence-corrected chi connectivity index (χ1v) is 10.5. The molecule has 0 spiro atoms. The summed E-state index contributed by atoms with van der Waals surface area (Å²) >= 11 is 10.4. The lowest BCUT2D eigenvalue weighted by molar-refractivity contribution is -0.137. The Bertz CT molecular complexity index is 1330. The van der Waals surface area contributed by atoms with Crippen LogP contribution in [0.5, 0.6) is 0 Å². The second-order valence-corrected chi connectivity index (χ2v) is 8.44. The molecule has 2 heterocycles. The third kappa shape index (κ3) is 4.05. The molecule has 10 heteroatoms. The number of nitrogens with zero attached hydrogens (tertiary/aromatic N) is 3. The Kier molecular flexibility index (Phi) is 5.52. The molecule has 0 N–H and O–H groups in total. The lowest BCUT2D eigenvalue weighted by Crippen LogP contribution is -2.20. The van der Waals surface area contributed by atoms with Gasteiger partial charge in [-0.05, 0) is 47.3 Å². The average molecular weight is 513 g/mol. The third-order valence-corrected chi connectivity index (χ3v) is 5.86. The Morgan fingerprint density at radius 3 is 2.67 bits per heavy atom. The number of rotatable bonds is 3. The van der Waals surface area contributed by atoms with Crippen molar-refractivity contribution in [1.82, 2.24) is 9.66 Å². The fourth-order valence-electron chi connectivity index (χ4n) is 2.79. The highest BCUT2D eigenvalue weighted by Crippen LogP contribution is 2.35. The van der Waals surface area contributed by atoms with E-state index in [1.807, 2.05) is 5.38 Å². The molecular weight excluding hydrogens is 503 g/mol. The smallest absolute Gasteiger partial charge is 0.267 e. The van der Waals surface area contributed by atoms with Crippen LogP contribution in [-0.4, -0.2) is 15.9 Å². The molecule has 0 aliphatic heterocycles. The van der Waals surface area contributed by atoms with Crippen LogP contribution in [0.3, 0.4) is 0 Å². The first kappa shape index (κ1) is 20.8. The van der Waals surface area contributed by atoms with Gasteiger partial charge in [0.15, 0.2) is 5.82 Å². The quantitative estimate of drug-likeness (QED) is 0.297. The van der Waals surface area contributed by atoms with Gasteiger partial charge < -0.3 is 0 Å². The van der Waals surface area contributed by atoms with Crippen LogP contribution in [0.1, 0.15) is 11.1 Å². The number of hydrogen-bond acceptors (Lipinski definition) is 4. The largest absolute Gasteiger partial charge is 0.417 e. The molecule has 4 rings (SSSR count). The normalized spacial score (nSPS) is 12.2. The van der Waals surface area contributed by atoms with E-state index in [-0.39, 0.29) is 5.56 Å². The number of aromatic nitrogens is 2. The Hall–Kier alpha value is -2.49. The van der Waals surface area contributed by atoms with Gasteiger partial charge in [-0.2, -0.15) is 22.9 Å². The van der Waals surface area contributed by atoms with Gasteiger partial charge in [-0.15, -0.1) is 11.3 Å². The van der Waals surface area contributed by atoms with Crippen molar-refractivity contribution in [1.29, 1.82) is 0 Å². The number of alkyl halides is 3. The van der Waals surface area contributed by atoms with Crippen molar-refractivity contribution < 1.29 is 13.2 Å². The van der Waals surface area contributed by atoms with Crippen LogP contribution < -0.4 is 5.56 Å². The molecule has 0 radical (unpaired) electrons. The Morgan fingerprint density at radius 2 is 1.97 bits per heavy atom. The van der Waals surface area contributed by atoms with Gasteiger partial charge in [0, 0.05) is 4.47 Å². The minimum atomic E-state index is -4.60. The summed E-state index contributed by atoms with van der Waals surface area (Å²) in [4.78, 5) is 18.3. The van der Waals surface area contributed by atoms with E-state index < -0.39 is 22.3 Å². The highest BCUT2D eigenvalue weighted by atomic mass is 79.9. The van der Waals surface area contributed by atoms with E-state index in [2.05, 4.69) is 26.0 Å². The molecule has 152 valence electrons. The monoisotopic (exact) mass is 511 g/mol. The van der Waals surface area contributed by atoms with Crippen LogP contribution in [-0.2, 0) is 6.18 Å². The molecular formula is C20H10BrClF3N3OS. The van der Waals surface area contributed by atoms with Gasteiger partial charge in [0.05, 0.1) is 32.6 Å². The fraction of sp³-hybridized carbons (Fsp3) is 0.0500. The van der Waals surface area contributed by atoms with Crippen molar-refractivity contribution in [2.45, 2.75) is 6.18 Å². The van der Waals surface area contributed by atoms with Crippen molar-refractivity contribution in [3.8, 4) is 10.7 Å². The summed E-state index contributed by atoms with van der Waals surface area (Å²) in [5.74, 6) is 0.297. The second kappa shape index (κ2) is 7.98. The molecule has 4 nitrogen and oxygen atoms in total. The standard InChI is InChI=1S/C20H10BrClF3N3OS/c21-12-4-6-16-13(9-12)19(29)28(18(27-16)17-2-1-7-30-17)26-10-11-3-5-15(22)14(8-11)20(23,24)25/h1-10H. The van der Waals surface area contributed by atoms with Crippen molar-refractivity contribution in [3.05, 3.63) is 84.9 Å². The van der Waals surface area contributed by atoms with Gasteiger partial charge in [0.25, 0.3) is 5.56 Å². The van der Waals surface area contributed by atoms with Crippen molar-refractivity contribution in [2.24, 2.45) is 5.10 Å². The van der Waals surface area contributed by atoms with E-state index in [9.17, 15) is 18.0 Å². The molecule has 0 aliphatic carbocycles. The summed E-state index contributed by atoms with van der Waals surface area (Å²) in [6, 6.07) is 12.1. The summed E-state index contributed by atoms with van der Waals surface area (Å²) in [6.45, 7) is 0. The average Bonchev–Trinajstić information content (AvgIpc) is 3.22. The van der Waals surface area contributed by atoms with Crippen LogP contribution in [0.25, 0.3) is 21.6 Å². The number of fused-ring (bicyclic) bond motifs is 1. The van der Waals surface area contributed by atoms with Gasteiger partial charge in [-0.1, -0.05) is 39.7 Å². The summed E-state index contributed by atoms with van der Waals surface area (Å²) in [5.41, 5.74) is -0.778. The van der Waals surface area contributed by atoms with Crippen molar-refractivity contribution in [2.75, 3.05) is 0 Å². The topological polar surface area (TPSA) is 47.2 Å². The minimum Gasteiger partial charge on any atom is -0.267 e. The van der Waals surface area contributed by atoms with Gasteiger partial charge in [0.2, 0.25) is 0 Å². The summed E-state index contributed by atoms with van der Waals surface area (Å²) in [6.07, 6.45) is -3.42. The Labute approximate surface area is 185 Å². The number of halogens is 5. The lowest BCUT2D eigenvalue weighted by atomic mass is 10.1. The van der Waals surface area contributed by atoms with Gasteiger partial charge >= 0.3 is 6.18 Å². The molecule has 30 heavy (non-hydrogen) atoms. The summed E-state index contributed by atoms with van der Waals surface area (Å²) in [5, 5.41) is 5.91. The van der Waals surface area contributed by atoms with Gasteiger partial charge in [-0.3, -0.25) is 4.79 Å². The van der Waals surface area contributed by atoms with E-state index in [1.54, 1.807) is 30.3 Å². The maximum Gasteiger partial charge on any atom is 0.417 e. The number of benzene rings is 2. The summed E-state index contributed by atoms with van der Waals surface area (Å²) in [7, 11) is 0. The molecule has 0 saturated carbocycles. The lowest BCUT2D eigenvalue weighted by Gasteiger charge is -2.10. The Morgan fingerprint density at radius 1 is 1.17 bits per heavy atom. The van der Waals surface area contributed by atoms with Crippen LogP contribution in [0.15, 0.2) is 68.3 Å². The van der Waals surface area contributed by atoms with Crippen LogP contribution in [0.2, 0.25) is 5.02 Å². The molecule has 2 aromatic heterocycles. The Balaban J connectivity index is 1.89. The zero-order valence-electron chi connectivity index (χ0n) is 14.8. The third-order valence-electron chi connectivity index (χ3n) is 4.17. The predicted octanol–water partition coefficient (Wildman–Crippen LogP) is 6.44. The molecule has 2 aromatic carbocycles. The molecule has 0 bridgehead atoms. The molecule has 4 aromatic rings. The van der Waals surface area contributed by atoms with Crippen LogP contribution in [0.4, 0.5) is 13.2 Å². The predicted molar refractivity (Wildman–Crippen MR) is 116 cm³/mol.